The fourth-order valence-corrected chi connectivity index (χ4v) is 2.32. The highest BCUT2D eigenvalue weighted by molar-refractivity contribution is 7.73. The second-order valence-corrected chi connectivity index (χ2v) is 7.53. The van der Waals surface area contributed by atoms with Crippen LogP contribution in [-0.4, -0.2) is 27.4 Å². The number of nitrogens with one attached hydrogen (secondary N) is 1. The Kier molecular flexibility index (Phi) is 4.17. The first-order valence-electron chi connectivity index (χ1n) is 5.59. The lowest BCUT2D eigenvalue weighted by molar-refractivity contribution is 0.0550. The number of ether oxygens (including phenoxy) is 1. The molecule has 0 aliphatic carbocycles. The van der Waals surface area contributed by atoms with Crippen LogP contribution in [-0.2, 0) is 4.74 Å². The van der Waals surface area contributed by atoms with Crippen molar-refractivity contribution in [1.82, 2.24) is 10.2 Å². The molecule has 1 N–H and O–H groups in total. The van der Waals surface area contributed by atoms with Crippen molar-refractivity contribution < 1.29 is 9.53 Å². The van der Waals surface area contributed by atoms with E-state index in [2.05, 4.69) is 10.2 Å². The summed E-state index contributed by atoms with van der Waals surface area (Å²) in [5.41, 5.74) is -0.978. The topological polar surface area (TPSA) is 58.2 Å². The Morgan fingerprint density at radius 1 is 1.33 bits per heavy atom. The van der Waals surface area contributed by atoms with E-state index in [1.54, 1.807) is 0 Å². The van der Waals surface area contributed by atoms with E-state index in [9.17, 15) is 4.79 Å². The van der Waals surface area contributed by atoms with Crippen molar-refractivity contribution in [3.05, 3.63) is 3.95 Å². The van der Waals surface area contributed by atoms with Gasteiger partial charge in [0.2, 0.25) is 5.13 Å². The zero-order valence-corrected chi connectivity index (χ0v) is 13.2. The Labute approximate surface area is 116 Å². The van der Waals surface area contributed by atoms with Crippen LogP contribution in [0.4, 0.5) is 9.93 Å². The molecule has 0 bridgehead atoms. The van der Waals surface area contributed by atoms with Crippen molar-refractivity contribution >= 4 is 34.8 Å². The Bertz CT molecular complexity index is 479. The molecular weight excluding hydrogens is 270 g/mol. The van der Waals surface area contributed by atoms with Gasteiger partial charge in [-0.05, 0) is 53.8 Å². The molecule has 5 nitrogen and oxygen atoms in total. The van der Waals surface area contributed by atoms with Gasteiger partial charge in [0, 0.05) is 5.54 Å². The van der Waals surface area contributed by atoms with Gasteiger partial charge in [0.05, 0.1) is 0 Å². The van der Waals surface area contributed by atoms with E-state index in [1.807, 2.05) is 41.5 Å². The van der Waals surface area contributed by atoms with Crippen LogP contribution in [0, 0.1) is 3.95 Å². The van der Waals surface area contributed by atoms with Gasteiger partial charge in [0.1, 0.15) is 5.60 Å². The fourth-order valence-electron chi connectivity index (χ4n) is 1.26. The van der Waals surface area contributed by atoms with Gasteiger partial charge in [-0.1, -0.05) is 11.3 Å². The maximum Gasteiger partial charge on any atom is 0.417 e. The lowest BCUT2D eigenvalue weighted by Gasteiger charge is -2.34. The van der Waals surface area contributed by atoms with Crippen molar-refractivity contribution in [3.63, 3.8) is 0 Å². The summed E-state index contributed by atoms with van der Waals surface area (Å²) in [6.45, 7) is 11.2. The number of carbonyl (C=O) groups excluding carboxylic acids is 1. The van der Waals surface area contributed by atoms with Gasteiger partial charge >= 0.3 is 6.09 Å². The Balaban J connectivity index is 3.08. The Morgan fingerprint density at radius 2 is 1.89 bits per heavy atom. The summed E-state index contributed by atoms with van der Waals surface area (Å²) in [4.78, 5) is 13.7. The monoisotopic (exact) mass is 289 g/mol. The van der Waals surface area contributed by atoms with E-state index in [0.29, 0.717) is 9.09 Å². The molecule has 0 aliphatic heterocycles. The van der Waals surface area contributed by atoms with E-state index in [-0.39, 0.29) is 0 Å². The molecule has 1 heterocycles. The zero-order valence-electron chi connectivity index (χ0n) is 11.5. The molecule has 1 amide bonds. The van der Waals surface area contributed by atoms with Crippen LogP contribution in [0.1, 0.15) is 41.5 Å². The second-order valence-electron chi connectivity index (χ2n) is 5.88. The quantitative estimate of drug-likeness (QED) is 0.800. The maximum atomic E-state index is 12.2. The number of hydrogen-bond acceptors (Lipinski definition) is 5. The summed E-state index contributed by atoms with van der Waals surface area (Å²) in [6.07, 6.45) is -0.423. The standard InChI is InChI=1S/C11H19N3O2S2/c1-10(2,3)14(7-12-13-8(17)18-7)9(15)16-11(4,5)6/h1-6H3,(H,13,17). The summed E-state index contributed by atoms with van der Waals surface area (Å²) < 4.78 is 5.93. The molecule has 0 radical (unpaired) electrons. The van der Waals surface area contributed by atoms with Gasteiger partial charge < -0.3 is 4.74 Å². The van der Waals surface area contributed by atoms with Gasteiger partial charge in [0.15, 0.2) is 3.95 Å². The van der Waals surface area contributed by atoms with Crippen LogP contribution >= 0.6 is 23.6 Å². The smallest absolute Gasteiger partial charge is 0.417 e. The van der Waals surface area contributed by atoms with Crippen molar-refractivity contribution in [2.24, 2.45) is 0 Å². The van der Waals surface area contributed by atoms with Crippen molar-refractivity contribution in [2.75, 3.05) is 4.90 Å². The SMILES string of the molecule is CC(C)(C)OC(=O)N(c1n[nH]c(=S)s1)C(C)(C)C. The lowest BCUT2D eigenvalue weighted by Crippen LogP contribution is -2.48. The molecule has 1 aromatic rings. The number of amides is 1. The molecular formula is C11H19N3O2S2. The van der Waals surface area contributed by atoms with Gasteiger partial charge in [-0.2, -0.15) is 0 Å². The number of hydrogen-bond donors (Lipinski definition) is 1. The average molecular weight is 289 g/mol. The van der Waals surface area contributed by atoms with Crippen molar-refractivity contribution in [3.8, 4) is 0 Å². The minimum atomic E-state index is -0.543. The molecule has 102 valence electrons. The first kappa shape index (κ1) is 15.1. The number of H-pyrrole nitrogens is 1. The summed E-state index contributed by atoms with van der Waals surface area (Å²) >= 11 is 6.24. The van der Waals surface area contributed by atoms with Crippen molar-refractivity contribution in [2.45, 2.75) is 52.7 Å². The zero-order chi connectivity index (χ0) is 14.1. The molecule has 0 saturated carbocycles. The van der Waals surface area contributed by atoms with Crippen LogP contribution in [0.3, 0.4) is 0 Å². The minimum absolute atomic E-state index is 0.423. The third-order valence-electron chi connectivity index (χ3n) is 1.86. The van der Waals surface area contributed by atoms with Gasteiger partial charge in [-0.15, -0.1) is 5.10 Å². The number of rotatable bonds is 1. The van der Waals surface area contributed by atoms with E-state index in [0.717, 1.165) is 0 Å². The molecule has 0 fully saturated rings. The summed E-state index contributed by atoms with van der Waals surface area (Å²) in [5, 5.41) is 7.24. The molecule has 0 aliphatic rings. The number of anilines is 1. The summed E-state index contributed by atoms with van der Waals surface area (Å²) in [7, 11) is 0. The highest BCUT2D eigenvalue weighted by Gasteiger charge is 2.34. The van der Waals surface area contributed by atoms with Crippen molar-refractivity contribution in [1.29, 1.82) is 0 Å². The maximum absolute atomic E-state index is 12.2. The van der Waals surface area contributed by atoms with E-state index < -0.39 is 17.2 Å². The predicted octanol–water partition coefficient (Wildman–Crippen LogP) is 3.74. The van der Waals surface area contributed by atoms with Crippen LogP contribution in [0.2, 0.25) is 0 Å². The third-order valence-corrected chi connectivity index (χ3v) is 2.94. The third kappa shape index (κ3) is 4.06. The predicted molar refractivity (Wildman–Crippen MR) is 75.8 cm³/mol. The number of nitrogens with zero attached hydrogens (tertiary/aromatic N) is 2. The lowest BCUT2D eigenvalue weighted by atomic mass is 10.1. The Hall–Kier alpha value is -0.950. The van der Waals surface area contributed by atoms with E-state index in [4.69, 9.17) is 17.0 Å². The molecule has 7 heteroatoms. The van der Waals surface area contributed by atoms with Crippen LogP contribution in [0.5, 0.6) is 0 Å². The summed E-state index contributed by atoms with van der Waals surface area (Å²) in [5.74, 6) is 0. The first-order valence-corrected chi connectivity index (χ1v) is 6.82. The van der Waals surface area contributed by atoms with Gasteiger partial charge in [-0.3, -0.25) is 5.10 Å². The molecule has 0 spiro atoms. The first-order chi connectivity index (χ1) is 8.00. The number of aromatic amines is 1. The average Bonchev–Trinajstić information content (AvgIpc) is 2.45. The number of carbonyl (C=O) groups is 1. The second kappa shape index (κ2) is 4.97. The normalized spacial score (nSPS) is 12.3. The van der Waals surface area contributed by atoms with Crippen LogP contribution in [0.25, 0.3) is 0 Å². The Morgan fingerprint density at radius 3 is 2.22 bits per heavy atom. The molecule has 0 unspecified atom stereocenters. The largest absolute Gasteiger partial charge is 0.443 e. The van der Waals surface area contributed by atoms with Crippen LogP contribution < -0.4 is 4.90 Å². The minimum Gasteiger partial charge on any atom is -0.443 e. The van der Waals surface area contributed by atoms with Gasteiger partial charge in [0.25, 0.3) is 0 Å². The molecule has 0 atom stereocenters. The van der Waals surface area contributed by atoms with E-state index >= 15 is 0 Å². The molecule has 18 heavy (non-hydrogen) atoms. The van der Waals surface area contributed by atoms with E-state index in [1.165, 1.54) is 16.2 Å². The fraction of sp³-hybridized carbons (Fsp3) is 0.727. The highest BCUT2D eigenvalue weighted by Crippen LogP contribution is 2.27. The van der Waals surface area contributed by atoms with Crippen LogP contribution in [0.15, 0.2) is 0 Å². The van der Waals surface area contributed by atoms with Gasteiger partial charge in [-0.25, -0.2) is 9.69 Å². The molecule has 1 rings (SSSR count). The number of aromatic nitrogens is 2. The molecule has 0 saturated heterocycles. The molecule has 0 aromatic carbocycles. The summed E-state index contributed by atoms with van der Waals surface area (Å²) in [6, 6.07) is 0. The highest BCUT2D eigenvalue weighted by atomic mass is 32.1. The molecule has 1 aromatic heterocycles.